The minimum Gasteiger partial charge on any atom is -0.481 e. The third kappa shape index (κ3) is 3.92. The molecule has 3 aromatic rings. The van der Waals surface area contributed by atoms with Crippen molar-refractivity contribution in [2.45, 2.75) is 6.42 Å². The van der Waals surface area contributed by atoms with E-state index in [1.807, 2.05) is 24.3 Å². The van der Waals surface area contributed by atoms with Gasteiger partial charge in [-0.25, -0.2) is 9.78 Å². The first kappa shape index (κ1) is 16.9. The van der Waals surface area contributed by atoms with Gasteiger partial charge in [0, 0.05) is 0 Å². The lowest BCUT2D eigenvalue weighted by atomic mass is 10.1. The van der Waals surface area contributed by atoms with Crippen LogP contribution in [0.3, 0.4) is 0 Å². The van der Waals surface area contributed by atoms with Crippen molar-refractivity contribution >= 4 is 45.1 Å². The lowest BCUT2D eigenvalue weighted by molar-refractivity contribution is -0.135. The van der Waals surface area contributed by atoms with Crippen LogP contribution in [0.25, 0.3) is 21.9 Å². The minimum atomic E-state index is -0.920. The summed E-state index contributed by atoms with van der Waals surface area (Å²) in [6.45, 7) is 0. The number of aliphatic carboxylic acids is 1. The summed E-state index contributed by atoms with van der Waals surface area (Å²) in [6, 6.07) is 14.5. The maximum atomic E-state index is 11.5. The fourth-order valence-electron chi connectivity index (χ4n) is 2.40. The molecular weight excluding hydrogens is 338 g/mol. The summed E-state index contributed by atoms with van der Waals surface area (Å²) in [7, 11) is 1.33. The predicted octanol–water partition coefficient (Wildman–Crippen LogP) is 4.10. The van der Waals surface area contributed by atoms with Crippen LogP contribution >= 0.6 is 11.3 Å². The number of methoxy groups -OCH3 is 1. The first-order valence-corrected chi connectivity index (χ1v) is 8.35. The second-order valence-corrected chi connectivity index (χ2v) is 6.37. The number of esters is 1. The largest absolute Gasteiger partial charge is 0.481 e. The van der Waals surface area contributed by atoms with E-state index in [0.29, 0.717) is 16.1 Å². The Hall–Kier alpha value is -2.99. The van der Waals surface area contributed by atoms with Crippen LogP contribution in [-0.2, 0) is 9.53 Å². The molecule has 0 atom stereocenters. The number of benzene rings is 2. The van der Waals surface area contributed by atoms with Crippen molar-refractivity contribution in [1.29, 1.82) is 0 Å². The lowest BCUT2D eigenvalue weighted by Gasteiger charge is -2.03. The van der Waals surface area contributed by atoms with E-state index < -0.39 is 11.9 Å². The van der Waals surface area contributed by atoms with E-state index in [9.17, 15) is 14.7 Å². The molecule has 0 bridgehead atoms. The van der Waals surface area contributed by atoms with Crippen molar-refractivity contribution in [3.05, 3.63) is 64.7 Å². The number of fused-ring (bicyclic) bond motifs is 1. The maximum absolute atomic E-state index is 11.5. The molecule has 0 fully saturated rings. The highest BCUT2D eigenvalue weighted by Crippen LogP contribution is 2.30. The monoisotopic (exact) mass is 353 g/mol. The van der Waals surface area contributed by atoms with Crippen LogP contribution in [0.15, 0.2) is 48.5 Å². The maximum Gasteiger partial charge on any atom is 0.337 e. The Morgan fingerprint density at radius 2 is 1.88 bits per heavy atom. The highest BCUT2D eigenvalue weighted by Gasteiger charge is 2.13. The molecular formula is C19H15NO4S. The topological polar surface area (TPSA) is 76.5 Å². The van der Waals surface area contributed by atoms with E-state index >= 15 is 0 Å². The van der Waals surface area contributed by atoms with E-state index in [2.05, 4.69) is 9.72 Å². The molecule has 0 amide bonds. The standard InChI is InChI=1S/C19H15NO4S/c1-24-19(23)13-8-6-12(7-9-13)10-14(11-17(21)22)18-20-15-4-2-3-5-16(15)25-18/h2-10H,11H2,1H3,(H,21,22)/b14-10+. The second kappa shape index (κ2) is 7.27. The van der Waals surface area contributed by atoms with Gasteiger partial charge in [-0.05, 0) is 41.5 Å². The number of thiazole rings is 1. The third-order valence-electron chi connectivity index (χ3n) is 3.58. The Morgan fingerprint density at radius 3 is 2.52 bits per heavy atom. The van der Waals surface area contributed by atoms with Gasteiger partial charge in [0.15, 0.2) is 0 Å². The third-order valence-corrected chi connectivity index (χ3v) is 4.69. The molecule has 1 N–H and O–H groups in total. The van der Waals surface area contributed by atoms with Crippen LogP contribution in [0.2, 0.25) is 0 Å². The summed E-state index contributed by atoms with van der Waals surface area (Å²) in [5.41, 5.74) is 2.71. The molecule has 25 heavy (non-hydrogen) atoms. The summed E-state index contributed by atoms with van der Waals surface area (Å²) in [4.78, 5) is 27.3. The number of carbonyl (C=O) groups is 2. The van der Waals surface area contributed by atoms with Crippen LogP contribution in [-0.4, -0.2) is 29.1 Å². The smallest absolute Gasteiger partial charge is 0.337 e. The minimum absolute atomic E-state index is 0.126. The molecule has 126 valence electrons. The number of hydrogen-bond acceptors (Lipinski definition) is 5. The zero-order valence-electron chi connectivity index (χ0n) is 13.4. The first-order valence-electron chi connectivity index (χ1n) is 7.53. The van der Waals surface area contributed by atoms with Crippen molar-refractivity contribution in [1.82, 2.24) is 4.98 Å². The highest BCUT2D eigenvalue weighted by molar-refractivity contribution is 7.19. The van der Waals surface area contributed by atoms with Gasteiger partial charge >= 0.3 is 11.9 Å². The summed E-state index contributed by atoms with van der Waals surface area (Å²) in [5.74, 6) is -1.33. The second-order valence-electron chi connectivity index (χ2n) is 5.34. The van der Waals surface area contributed by atoms with Crippen LogP contribution in [0.1, 0.15) is 27.3 Å². The van der Waals surface area contributed by atoms with Gasteiger partial charge in [-0.15, -0.1) is 11.3 Å². The molecule has 0 spiro atoms. The van der Waals surface area contributed by atoms with Crippen molar-refractivity contribution in [2.24, 2.45) is 0 Å². The number of ether oxygens (including phenoxy) is 1. The molecule has 5 nitrogen and oxygen atoms in total. The van der Waals surface area contributed by atoms with Gasteiger partial charge in [-0.2, -0.15) is 0 Å². The van der Waals surface area contributed by atoms with Crippen LogP contribution < -0.4 is 0 Å². The van der Waals surface area contributed by atoms with Crippen molar-refractivity contribution < 1.29 is 19.4 Å². The van der Waals surface area contributed by atoms with Gasteiger partial charge in [0.2, 0.25) is 0 Å². The quantitative estimate of drug-likeness (QED) is 0.699. The summed E-state index contributed by atoms with van der Waals surface area (Å²) in [5, 5.41) is 9.90. The molecule has 0 aliphatic heterocycles. The molecule has 1 aromatic heterocycles. The number of para-hydroxylation sites is 1. The molecule has 3 rings (SSSR count). The average molecular weight is 353 g/mol. The molecule has 0 aliphatic rings. The highest BCUT2D eigenvalue weighted by atomic mass is 32.1. The van der Waals surface area contributed by atoms with Gasteiger partial charge in [0.25, 0.3) is 0 Å². The Kier molecular flexibility index (Phi) is 4.90. The zero-order valence-corrected chi connectivity index (χ0v) is 14.2. The summed E-state index contributed by atoms with van der Waals surface area (Å²) >= 11 is 1.46. The Morgan fingerprint density at radius 1 is 1.16 bits per heavy atom. The van der Waals surface area contributed by atoms with Gasteiger partial charge in [0.05, 0.1) is 29.3 Å². The van der Waals surface area contributed by atoms with Crippen LogP contribution in [0.4, 0.5) is 0 Å². The molecule has 0 saturated heterocycles. The van der Waals surface area contributed by atoms with E-state index in [1.165, 1.54) is 18.4 Å². The van der Waals surface area contributed by atoms with Crippen LogP contribution in [0.5, 0.6) is 0 Å². The Labute approximate surface area is 148 Å². The summed E-state index contributed by atoms with van der Waals surface area (Å²) < 4.78 is 5.68. The molecule has 2 aromatic carbocycles. The van der Waals surface area contributed by atoms with E-state index in [0.717, 1.165) is 15.8 Å². The molecule has 0 saturated carbocycles. The van der Waals surface area contributed by atoms with Crippen molar-refractivity contribution in [3.8, 4) is 0 Å². The van der Waals surface area contributed by atoms with Gasteiger partial charge in [-0.1, -0.05) is 24.3 Å². The predicted molar refractivity (Wildman–Crippen MR) is 97.5 cm³/mol. The Bertz CT molecular complexity index is 924. The molecule has 0 radical (unpaired) electrons. The number of carbonyl (C=O) groups excluding carboxylic acids is 1. The van der Waals surface area contributed by atoms with Gasteiger partial charge < -0.3 is 9.84 Å². The van der Waals surface area contributed by atoms with Crippen LogP contribution in [0, 0.1) is 0 Å². The number of carboxylic acid groups (broad SMARTS) is 1. The van der Waals surface area contributed by atoms with Gasteiger partial charge in [-0.3, -0.25) is 4.79 Å². The molecule has 0 unspecified atom stereocenters. The number of hydrogen-bond donors (Lipinski definition) is 1. The number of carboxylic acids is 1. The van der Waals surface area contributed by atoms with Crippen molar-refractivity contribution in [3.63, 3.8) is 0 Å². The number of nitrogens with zero attached hydrogens (tertiary/aromatic N) is 1. The molecule has 0 aliphatic carbocycles. The fraction of sp³-hybridized carbons (Fsp3) is 0.105. The number of aromatic nitrogens is 1. The molecule has 6 heteroatoms. The number of rotatable bonds is 5. The Balaban J connectivity index is 1.98. The van der Waals surface area contributed by atoms with E-state index in [1.54, 1.807) is 30.3 Å². The SMILES string of the molecule is COC(=O)c1ccc(/C=C(\CC(=O)O)c2nc3ccccc3s2)cc1. The summed E-state index contributed by atoms with van der Waals surface area (Å²) in [6.07, 6.45) is 1.66. The fourth-order valence-corrected chi connectivity index (χ4v) is 3.37. The van der Waals surface area contributed by atoms with Gasteiger partial charge in [0.1, 0.15) is 5.01 Å². The van der Waals surface area contributed by atoms with Crippen molar-refractivity contribution in [2.75, 3.05) is 7.11 Å². The normalized spacial score (nSPS) is 11.5. The van der Waals surface area contributed by atoms with E-state index in [-0.39, 0.29) is 6.42 Å². The van der Waals surface area contributed by atoms with E-state index in [4.69, 9.17) is 0 Å². The average Bonchev–Trinajstić information content (AvgIpc) is 3.05. The lowest BCUT2D eigenvalue weighted by Crippen LogP contribution is -2.00. The molecule has 1 heterocycles. The zero-order chi connectivity index (χ0) is 17.8. The first-order chi connectivity index (χ1) is 12.1.